The first kappa shape index (κ1) is 12.2. The Morgan fingerprint density at radius 2 is 2.37 bits per heavy atom. The van der Waals surface area contributed by atoms with Gasteiger partial charge in [0.25, 0.3) is 0 Å². The first-order valence-electron chi connectivity index (χ1n) is 6.19. The van der Waals surface area contributed by atoms with Crippen molar-refractivity contribution in [2.75, 3.05) is 5.32 Å². The van der Waals surface area contributed by atoms with Crippen molar-refractivity contribution in [2.24, 2.45) is 0 Å². The Morgan fingerprint density at radius 1 is 1.53 bits per heavy atom. The van der Waals surface area contributed by atoms with Gasteiger partial charge >= 0.3 is 5.97 Å². The lowest BCUT2D eigenvalue weighted by Crippen LogP contribution is -2.08. The second-order valence-electron chi connectivity index (χ2n) is 4.75. The molecule has 1 aromatic heterocycles. The highest BCUT2D eigenvalue weighted by Gasteiger charge is 2.32. The molecule has 3 rings (SSSR count). The van der Waals surface area contributed by atoms with E-state index in [1.165, 1.54) is 5.56 Å². The summed E-state index contributed by atoms with van der Waals surface area (Å²) in [5.74, 6) is -1.20. The fourth-order valence-electron chi connectivity index (χ4n) is 2.37. The Hall–Kier alpha value is -1.88. The molecule has 19 heavy (non-hydrogen) atoms. The minimum absolute atomic E-state index is 0.431. The van der Waals surface area contributed by atoms with E-state index < -0.39 is 11.9 Å². The number of carbonyl (C=O) groups is 1. The number of fused-ring (bicyclic) bond motifs is 1. The molecule has 2 aromatic rings. The van der Waals surface area contributed by atoms with Crippen molar-refractivity contribution in [3.05, 3.63) is 40.4 Å². The van der Waals surface area contributed by atoms with E-state index >= 15 is 0 Å². The van der Waals surface area contributed by atoms with Gasteiger partial charge in [-0.15, -0.1) is 11.3 Å². The molecule has 1 aliphatic rings. The molecule has 1 aliphatic carbocycles. The maximum Gasteiger partial charge on any atom is 0.312 e. The summed E-state index contributed by atoms with van der Waals surface area (Å²) >= 11 is 1.56. The molecule has 5 heteroatoms. The van der Waals surface area contributed by atoms with Gasteiger partial charge in [-0.3, -0.25) is 4.79 Å². The van der Waals surface area contributed by atoms with Crippen molar-refractivity contribution < 1.29 is 9.90 Å². The average molecular weight is 274 g/mol. The first-order chi connectivity index (χ1) is 9.13. The summed E-state index contributed by atoms with van der Waals surface area (Å²) in [5.41, 5.74) is 2.91. The van der Waals surface area contributed by atoms with E-state index in [0.29, 0.717) is 6.42 Å². The maximum atomic E-state index is 11.1. The molecule has 0 saturated carbocycles. The van der Waals surface area contributed by atoms with Crippen molar-refractivity contribution in [1.82, 2.24) is 4.98 Å². The number of aryl methyl sites for hydroxylation is 2. The number of carboxylic acids is 1. The topological polar surface area (TPSA) is 62.2 Å². The molecule has 0 spiro atoms. The lowest BCUT2D eigenvalue weighted by molar-refractivity contribution is -0.138. The van der Waals surface area contributed by atoms with E-state index in [4.69, 9.17) is 5.11 Å². The van der Waals surface area contributed by atoms with Gasteiger partial charge in [-0.25, -0.2) is 4.98 Å². The molecule has 0 amide bonds. The lowest BCUT2D eigenvalue weighted by atomic mass is 10.1. The van der Waals surface area contributed by atoms with Crippen LogP contribution in [0.4, 0.5) is 10.8 Å². The summed E-state index contributed by atoms with van der Waals surface area (Å²) in [6.07, 6.45) is 1.49. The molecule has 0 bridgehead atoms. The van der Waals surface area contributed by atoms with Gasteiger partial charge in [0.05, 0.1) is 5.69 Å². The lowest BCUT2D eigenvalue weighted by Gasteiger charge is -2.04. The van der Waals surface area contributed by atoms with E-state index in [1.807, 2.05) is 31.2 Å². The minimum atomic E-state index is -0.772. The van der Waals surface area contributed by atoms with Crippen molar-refractivity contribution in [3.8, 4) is 0 Å². The number of hydrogen-bond donors (Lipinski definition) is 2. The number of nitrogens with zero attached hydrogens (tertiary/aromatic N) is 1. The number of hydrogen-bond acceptors (Lipinski definition) is 4. The average Bonchev–Trinajstić information content (AvgIpc) is 2.87. The van der Waals surface area contributed by atoms with Gasteiger partial charge in [-0.05, 0) is 37.5 Å². The van der Waals surface area contributed by atoms with Gasteiger partial charge in [-0.2, -0.15) is 0 Å². The molecule has 0 aliphatic heterocycles. The highest BCUT2D eigenvalue weighted by molar-refractivity contribution is 7.15. The van der Waals surface area contributed by atoms with Crippen LogP contribution in [0.5, 0.6) is 0 Å². The van der Waals surface area contributed by atoms with Gasteiger partial charge in [-0.1, -0.05) is 12.1 Å². The first-order valence-corrected chi connectivity index (χ1v) is 7.01. The van der Waals surface area contributed by atoms with Crippen molar-refractivity contribution in [2.45, 2.75) is 25.7 Å². The van der Waals surface area contributed by atoms with E-state index in [0.717, 1.165) is 27.8 Å². The van der Waals surface area contributed by atoms with Gasteiger partial charge in [0.1, 0.15) is 5.92 Å². The van der Waals surface area contributed by atoms with Gasteiger partial charge in [0, 0.05) is 10.6 Å². The molecule has 2 N–H and O–H groups in total. The second kappa shape index (κ2) is 4.66. The van der Waals surface area contributed by atoms with E-state index in [-0.39, 0.29) is 0 Å². The van der Waals surface area contributed by atoms with Crippen LogP contribution in [0.3, 0.4) is 0 Å². The van der Waals surface area contributed by atoms with E-state index in [9.17, 15) is 4.79 Å². The van der Waals surface area contributed by atoms with Crippen LogP contribution in [0, 0.1) is 6.92 Å². The number of thiazole rings is 1. The van der Waals surface area contributed by atoms with Crippen molar-refractivity contribution >= 4 is 28.1 Å². The van der Waals surface area contributed by atoms with Crippen LogP contribution in [0.1, 0.15) is 28.5 Å². The third-order valence-corrected chi connectivity index (χ3v) is 4.33. The van der Waals surface area contributed by atoms with Crippen LogP contribution >= 0.6 is 11.3 Å². The number of aromatic nitrogens is 1. The Bertz CT molecular complexity index is 636. The van der Waals surface area contributed by atoms with Crippen LogP contribution in [-0.4, -0.2) is 16.1 Å². The smallest absolute Gasteiger partial charge is 0.312 e. The number of anilines is 2. The van der Waals surface area contributed by atoms with Crippen molar-refractivity contribution in [1.29, 1.82) is 0 Å². The Labute approximate surface area is 115 Å². The molecule has 1 unspecified atom stereocenters. The maximum absolute atomic E-state index is 11.1. The Kier molecular flexibility index (Phi) is 2.98. The highest BCUT2D eigenvalue weighted by atomic mass is 32.1. The molecule has 0 fully saturated rings. The molecule has 1 aromatic carbocycles. The zero-order valence-corrected chi connectivity index (χ0v) is 11.3. The number of aliphatic carboxylic acids is 1. The SMILES string of the molecule is Cc1cccc(Nc2nc3c(s2)CCC3C(=O)O)c1. The van der Waals surface area contributed by atoms with Crippen LogP contribution in [0.2, 0.25) is 0 Å². The molecular formula is C14H14N2O2S. The zero-order chi connectivity index (χ0) is 13.4. The summed E-state index contributed by atoms with van der Waals surface area (Å²) in [6.45, 7) is 2.04. The molecule has 0 saturated heterocycles. The third-order valence-electron chi connectivity index (χ3n) is 3.29. The van der Waals surface area contributed by atoms with Gasteiger partial charge < -0.3 is 10.4 Å². The Morgan fingerprint density at radius 3 is 3.11 bits per heavy atom. The molecular weight excluding hydrogens is 260 g/mol. The molecule has 1 atom stereocenters. The number of nitrogens with one attached hydrogen (secondary N) is 1. The van der Waals surface area contributed by atoms with Crippen molar-refractivity contribution in [3.63, 3.8) is 0 Å². The highest BCUT2D eigenvalue weighted by Crippen LogP contribution is 2.39. The quantitative estimate of drug-likeness (QED) is 0.901. The van der Waals surface area contributed by atoms with Crippen LogP contribution in [-0.2, 0) is 11.2 Å². The predicted molar refractivity (Wildman–Crippen MR) is 75.3 cm³/mol. The fourth-order valence-corrected chi connectivity index (χ4v) is 3.43. The summed E-state index contributed by atoms with van der Waals surface area (Å²) < 4.78 is 0. The largest absolute Gasteiger partial charge is 0.481 e. The van der Waals surface area contributed by atoms with Crippen LogP contribution < -0.4 is 5.32 Å². The van der Waals surface area contributed by atoms with Gasteiger partial charge in [0.15, 0.2) is 5.13 Å². The van der Waals surface area contributed by atoms with E-state index in [2.05, 4.69) is 10.3 Å². The summed E-state index contributed by atoms with van der Waals surface area (Å²) in [7, 11) is 0. The second-order valence-corrected chi connectivity index (χ2v) is 5.84. The molecule has 0 radical (unpaired) electrons. The summed E-state index contributed by atoms with van der Waals surface area (Å²) in [4.78, 5) is 16.7. The monoisotopic (exact) mass is 274 g/mol. The molecule has 98 valence electrons. The van der Waals surface area contributed by atoms with E-state index in [1.54, 1.807) is 11.3 Å². The number of carboxylic acid groups (broad SMARTS) is 1. The zero-order valence-electron chi connectivity index (χ0n) is 10.5. The number of benzene rings is 1. The fraction of sp³-hybridized carbons (Fsp3) is 0.286. The van der Waals surface area contributed by atoms with Crippen LogP contribution in [0.25, 0.3) is 0 Å². The standard InChI is InChI=1S/C14H14N2O2S/c1-8-3-2-4-9(7-8)15-14-16-12-10(13(17)18)5-6-11(12)19-14/h2-4,7,10H,5-6H2,1H3,(H,15,16)(H,17,18). The Balaban J connectivity index is 1.85. The van der Waals surface area contributed by atoms with Crippen LogP contribution in [0.15, 0.2) is 24.3 Å². The summed E-state index contributed by atoms with van der Waals surface area (Å²) in [6, 6.07) is 8.04. The normalized spacial score (nSPS) is 17.2. The van der Waals surface area contributed by atoms with Gasteiger partial charge in [0.2, 0.25) is 0 Å². The minimum Gasteiger partial charge on any atom is -0.481 e. The molecule has 1 heterocycles. The predicted octanol–water partition coefficient (Wildman–Crippen LogP) is 3.31. The molecule has 4 nitrogen and oxygen atoms in total. The number of rotatable bonds is 3. The summed E-state index contributed by atoms with van der Waals surface area (Å²) in [5, 5.41) is 13.2. The third kappa shape index (κ3) is 2.33.